The highest BCUT2D eigenvalue weighted by atomic mass is 16.2. The average Bonchev–Trinajstić information content (AvgIpc) is 2.73. The Morgan fingerprint density at radius 2 is 1.70 bits per heavy atom. The Morgan fingerprint density at radius 3 is 2.41 bits per heavy atom. The van der Waals surface area contributed by atoms with Crippen LogP contribution >= 0.6 is 0 Å². The number of rotatable bonds is 3. The van der Waals surface area contributed by atoms with Crippen LogP contribution in [0.1, 0.15) is 20.7 Å². The second kappa shape index (κ2) is 6.92. The molecule has 0 spiro atoms. The van der Waals surface area contributed by atoms with E-state index in [9.17, 15) is 9.59 Å². The van der Waals surface area contributed by atoms with E-state index in [2.05, 4.69) is 10.3 Å². The van der Waals surface area contributed by atoms with Gasteiger partial charge in [-0.25, -0.2) is 4.98 Å². The SMILES string of the molecule is NC(=O)c1ccc(-c2cnc3c(c2)N(C(=O)c2ccccc2)CCN3)cc1. The lowest BCUT2D eigenvalue weighted by Crippen LogP contribution is -2.39. The van der Waals surface area contributed by atoms with Gasteiger partial charge in [-0.2, -0.15) is 0 Å². The van der Waals surface area contributed by atoms with E-state index in [1.165, 1.54) is 0 Å². The average molecular weight is 358 g/mol. The number of primary amides is 1. The fraction of sp³-hybridized carbons (Fsp3) is 0.0952. The molecule has 1 aliphatic rings. The van der Waals surface area contributed by atoms with E-state index in [4.69, 9.17) is 5.73 Å². The molecule has 2 aromatic carbocycles. The summed E-state index contributed by atoms with van der Waals surface area (Å²) in [6, 6.07) is 18.2. The van der Waals surface area contributed by atoms with Gasteiger partial charge >= 0.3 is 0 Å². The van der Waals surface area contributed by atoms with Crippen molar-refractivity contribution in [1.82, 2.24) is 4.98 Å². The molecule has 0 fully saturated rings. The summed E-state index contributed by atoms with van der Waals surface area (Å²) >= 11 is 0. The summed E-state index contributed by atoms with van der Waals surface area (Å²) in [5.74, 6) is 0.165. The summed E-state index contributed by atoms with van der Waals surface area (Å²) in [6.07, 6.45) is 1.75. The Morgan fingerprint density at radius 1 is 0.963 bits per heavy atom. The number of pyridine rings is 1. The van der Waals surface area contributed by atoms with Crippen LogP contribution in [0.3, 0.4) is 0 Å². The first-order valence-corrected chi connectivity index (χ1v) is 8.64. The molecule has 0 atom stereocenters. The number of nitrogens with zero attached hydrogens (tertiary/aromatic N) is 2. The summed E-state index contributed by atoms with van der Waals surface area (Å²) in [5.41, 5.74) is 8.89. The standard InChI is InChI=1S/C21H18N4O2/c22-19(26)15-8-6-14(7-9-15)17-12-18-20(24-13-17)23-10-11-25(18)21(27)16-4-2-1-3-5-16/h1-9,12-13H,10-11H2,(H2,22,26)(H,23,24). The molecule has 0 bridgehead atoms. The highest BCUT2D eigenvalue weighted by Gasteiger charge is 2.24. The first-order valence-electron chi connectivity index (χ1n) is 8.64. The lowest BCUT2D eigenvalue weighted by atomic mass is 10.0. The number of aromatic nitrogens is 1. The molecule has 1 aliphatic heterocycles. The van der Waals surface area contributed by atoms with Crippen LogP contribution in [0.25, 0.3) is 11.1 Å². The molecule has 6 heteroatoms. The molecule has 134 valence electrons. The molecule has 0 saturated carbocycles. The van der Waals surface area contributed by atoms with Crippen LogP contribution in [-0.4, -0.2) is 29.9 Å². The minimum absolute atomic E-state index is 0.0543. The van der Waals surface area contributed by atoms with Crippen LogP contribution < -0.4 is 16.0 Å². The predicted molar refractivity (Wildman–Crippen MR) is 105 cm³/mol. The van der Waals surface area contributed by atoms with Crippen molar-refractivity contribution in [2.24, 2.45) is 5.73 Å². The predicted octanol–water partition coefficient (Wildman–Crippen LogP) is 2.92. The minimum atomic E-state index is -0.464. The lowest BCUT2D eigenvalue weighted by Gasteiger charge is -2.30. The number of fused-ring (bicyclic) bond motifs is 1. The van der Waals surface area contributed by atoms with Crippen molar-refractivity contribution >= 4 is 23.3 Å². The highest BCUT2D eigenvalue weighted by molar-refractivity contribution is 6.08. The third-order valence-electron chi connectivity index (χ3n) is 4.55. The van der Waals surface area contributed by atoms with E-state index in [1.54, 1.807) is 23.2 Å². The van der Waals surface area contributed by atoms with E-state index in [0.29, 0.717) is 30.0 Å². The number of nitrogens with one attached hydrogen (secondary N) is 1. The van der Waals surface area contributed by atoms with Gasteiger partial charge in [-0.1, -0.05) is 30.3 Å². The number of carbonyl (C=O) groups excluding carboxylic acids is 2. The van der Waals surface area contributed by atoms with E-state index < -0.39 is 5.91 Å². The zero-order chi connectivity index (χ0) is 18.8. The number of hydrogen-bond acceptors (Lipinski definition) is 4. The first-order chi connectivity index (χ1) is 13.1. The maximum Gasteiger partial charge on any atom is 0.258 e. The van der Waals surface area contributed by atoms with Crippen molar-refractivity contribution in [1.29, 1.82) is 0 Å². The number of benzene rings is 2. The molecular formula is C21H18N4O2. The molecule has 0 saturated heterocycles. The Hall–Kier alpha value is -3.67. The number of nitrogens with two attached hydrogens (primary N) is 1. The molecule has 3 aromatic rings. The van der Waals surface area contributed by atoms with E-state index in [1.807, 2.05) is 48.5 Å². The Bertz CT molecular complexity index is 1000. The quantitative estimate of drug-likeness (QED) is 0.753. The maximum atomic E-state index is 12.9. The zero-order valence-corrected chi connectivity index (χ0v) is 14.6. The van der Waals surface area contributed by atoms with Crippen LogP contribution in [0.5, 0.6) is 0 Å². The molecule has 0 aliphatic carbocycles. The third-order valence-corrected chi connectivity index (χ3v) is 4.55. The van der Waals surface area contributed by atoms with Gasteiger partial charge in [0.15, 0.2) is 0 Å². The molecule has 1 aromatic heterocycles. The van der Waals surface area contributed by atoms with Crippen molar-refractivity contribution in [3.8, 4) is 11.1 Å². The van der Waals surface area contributed by atoms with Crippen LogP contribution in [-0.2, 0) is 0 Å². The van der Waals surface area contributed by atoms with Gasteiger partial charge in [-0.15, -0.1) is 0 Å². The van der Waals surface area contributed by atoms with Crippen molar-refractivity contribution in [2.75, 3.05) is 23.3 Å². The second-order valence-electron chi connectivity index (χ2n) is 6.28. The molecule has 0 radical (unpaired) electrons. The van der Waals surface area contributed by atoms with Crippen LogP contribution in [0.15, 0.2) is 66.9 Å². The fourth-order valence-corrected chi connectivity index (χ4v) is 3.13. The first kappa shape index (κ1) is 16.8. The van der Waals surface area contributed by atoms with Crippen LogP contribution in [0.2, 0.25) is 0 Å². The van der Waals surface area contributed by atoms with Gasteiger partial charge in [0.2, 0.25) is 5.91 Å². The molecule has 0 unspecified atom stereocenters. The molecule has 3 N–H and O–H groups in total. The maximum absolute atomic E-state index is 12.9. The van der Waals surface area contributed by atoms with Gasteiger partial charge in [0.05, 0.1) is 5.69 Å². The lowest BCUT2D eigenvalue weighted by molar-refractivity contribution is 0.0983. The molecule has 27 heavy (non-hydrogen) atoms. The van der Waals surface area contributed by atoms with Gasteiger partial charge in [0, 0.05) is 36.0 Å². The Balaban J connectivity index is 1.71. The molecule has 6 nitrogen and oxygen atoms in total. The second-order valence-corrected chi connectivity index (χ2v) is 6.28. The normalized spacial score (nSPS) is 12.8. The topological polar surface area (TPSA) is 88.3 Å². The summed E-state index contributed by atoms with van der Waals surface area (Å²) < 4.78 is 0. The van der Waals surface area contributed by atoms with E-state index >= 15 is 0 Å². The Kier molecular flexibility index (Phi) is 4.30. The summed E-state index contributed by atoms with van der Waals surface area (Å²) in [4.78, 5) is 30.4. The molecule has 4 rings (SSSR count). The van der Waals surface area contributed by atoms with E-state index in [0.717, 1.165) is 16.8 Å². The largest absolute Gasteiger partial charge is 0.367 e. The van der Waals surface area contributed by atoms with Gasteiger partial charge < -0.3 is 16.0 Å². The van der Waals surface area contributed by atoms with Gasteiger partial charge in [-0.05, 0) is 35.9 Å². The molecular weight excluding hydrogens is 340 g/mol. The van der Waals surface area contributed by atoms with Crippen LogP contribution in [0, 0.1) is 0 Å². The summed E-state index contributed by atoms with van der Waals surface area (Å²) in [7, 11) is 0. The van der Waals surface area contributed by atoms with Crippen molar-refractivity contribution in [3.05, 3.63) is 78.0 Å². The fourth-order valence-electron chi connectivity index (χ4n) is 3.13. The van der Waals surface area contributed by atoms with Gasteiger partial charge in [0.25, 0.3) is 5.91 Å². The number of hydrogen-bond donors (Lipinski definition) is 2. The number of anilines is 2. The summed E-state index contributed by atoms with van der Waals surface area (Å²) in [5, 5.41) is 3.24. The van der Waals surface area contributed by atoms with Crippen molar-refractivity contribution in [3.63, 3.8) is 0 Å². The number of carbonyl (C=O) groups is 2. The van der Waals surface area contributed by atoms with Gasteiger partial charge in [-0.3, -0.25) is 9.59 Å². The van der Waals surface area contributed by atoms with E-state index in [-0.39, 0.29) is 5.91 Å². The van der Waals surface area contributed by atoms with Crippen molar-refractivity contribution in [2.45, 2.75) is 0 Å². The smallest absolute Gasteiger partial charge is 0.258 e. The highest BCUT2D eigenvalue weighted by Crippen LogP contribution is 2.32. The van der Waals surface area contributed by atoms with Crippen LogP contribution in [0.4, 0.5) is 11.5 Å². The minimum Gasteiger partial charge on any atom is -0.367 e. The Labute approximate surface area is 156 Å². The number of amides is 2. The zero-order valence-electron chi connectivity index (χ0n) is 14.6. The van der Waals surface area contributed by atoms with Crippen molar-refractivity contribution < 1.29 is 9.59 Å². The third kappa shape index (κ3) is 3.25. The van der Waals surface area contributed by atoms with Gasteiger partial charge in [0.1, 0.15) is 5.82 Å². The monoisotopic (exact) mass is 358 g/mol. The molecule has 2 amide bonds. The summed E-state index contributed by atoms with van der Waals surface area (Å²) in [6.45, 7) is 1.21. The molecule has 2 heterocycles.